The lowest BCUT2D eigenvalue weighted by atomic mass is 10.3. The minimum absolute atomic E-state index is 0.104. The molecule has 0 saturated heterocycles. The van der Waals surface area contributed by atoms with E-state index in [0.717, 1.165) is 17.1 Å². The minimum atomic E-state index is -0.451. The molecule has 0 spiro atoms. The van der Waals surface area contributed by atoms with Gasteiger partial charge in [-0.25, -0.2) is 4.79 Å². The van der Waals surface area contributed by atoms with Gasteiger partial charge >= 0.3 is 5.97 Å². The fourth-order valence-electron chi connectivity index (χ4n) is 2.76. The van der Waals surface area contributed by atoms with E-state index in [1.165, 1.54) is 0 Å². The van der Waals surface area contributed by atoms with E-state index in [1.807, 2.05) is 32.3 Å². The van der Waals surface area contributed by atoms with E-state index in [4.69, 9.17) is 21.1 Å². The summed E-state index contributed by atoms with van der Waals surface area (Å²) >= 11 is 6.01. The maximum Gasteiger partial charge on any atom is 0.330 e. The summed E-state index contributed by atoms with van der Waals surface area (Å²) in [4.78, 5) is 12.8. The number of benzene rings is 2. The Balaban J connectivity index is 1.42. The highest BCUT2D eigenvalue weighted by Crippen LogP contribution is 2.33. The summed E-state index contributed by atoms with van der Waals surface area (Å²) in [6.45, 7) is 3.95. The van der Waals surface area contributed by atoms with Crippen LogP contribution < -0.4 is 4.74 Å². The van der Waals surface area contributed by atoms with Gasteiger partial charge < -0.3 is 14.6 Å². The number of phenolic OH excluding ortho intramolecular Hbond substituents is 1. The van der Waals surface area contributed by atoms with Gasteiger partial charge in [0.1, 0.15) is 28.2 Å². The van der Waals surface area contributed by atoms with Crippen LogP contribution >= 0.6 is 11.6 Å². The maximum atomic E-state index is 10.9. The number of halogens is 1. The van der Waals surface area contributed by atoms with Crippen molar-refractivity contribution in [1.82, 2.24) is 14.1 Å². The molecule has 2 aromatic carbocycles. The molecule has 134 valence electrons. The van der Waals surface area contributed by atoms with Crippen LogP contribution in [0.15, 0.2) is 49.1 Å². The summed E-state index contributed by atoms with van der Waals surface area (Å²) in [6, 6.07) is 10.8. The number of carbonyl (C=O) groups is 1. The number of rotatable bonds is 7. The van der Waals surface area contributed by atoms with Crippen molar-refractivity contribution >= 4 is 28.6 Å². The lowest BCUT2D eigenvalue weighted by Gasteiger charge is -2.07. The van der Waals surface area contributed by atoms with Crippen molar-refractivity contribution in [2.24, 2.45) is 0 Å². The van der Waals surface area contributed by atoms with Gasteiger partial charge in [0.15, 0.2) is 0 Å². The van der Waals surface area contributed by atoms with Gasteiger partial charge in [0, 0.05) is 23.6 Å². The van der Waals surface area contributed by atoms with Crippen molar-refractivity contribution < 1.29 is 19.4 Å². The van der Waals surface area contributed by atoms with E-state index in [-0.39, 0.29) is 12.4 Å². The van der Waals surface area contributed by atoms with Crippen LogP contribution in [-0.2, 0) is 9.53 Å². The van der Waals surface area contributed by atoms with E-state index in [1.54, 1.807) is 18.2 Å². The zero-order chi connectivity index (χ0) is 18.3. The molecular formula is C18H16ClN3O4. The average Bonchev–Trinajstić information content (AvgIpc) is 3.28. The molecule has 4 aromatic rings. The number of phenols is 1. The third-order valence-electron chi connectivity index (χ3n) is 4.01. The molecule has 0 radical (unpaired) electrons. The molecule has 0 aliphatic rings. The molecule has 0 saturated carbocycles. The average molecular weight is 374 g/mol. The Kier molecular flexibility index (Phi) is 4.00. The fraction of sp³-hybridized carbons (Fsp3) is 0.167. The number of aromatic hydroxyl groups is 1. The standard InChI is InChI=1S/C18H16ClN3O4/c1-2-18(24)26-9-3-8-25-13-5-7-15(17(23)11-13)21-20-14-6-4-12(19)10-16(14)22(20)21/h2,4-7,10-11,23H,1,3,8-9H2. The van der Waals surface area contributed by atoms with Crippen LogP contribution in [0.2, 0.25) is 5.02 Å². The molecule has 2 heterocycles. The number of aromatic nitrogens is 3. The highest BCUT2D eigenvalue weighted by atomic mass is 35.5. The lowest BCUT2D eigenvalue weighted by molar-refractivity contribution is -0.137. The highest BCUT2D eigenvalue weighted by Gasteiger charge is 2.25. The first kappa shape index (κ1) is 16.4. The fourth-order valence-corrected chi connectivity index (χ4v) is 2.93. The van der Waals surface area contributed by atoms with Gasteiger partial charge in [-0.2, -0.15) is 0 Å². The van der Waals surface area contributed by atoms with Crippen LogP contribution in [-0.4, -0.2) is 38.3 Å². The molecule has 4 rings (SSSR count). The SMILES string of the molecule is C=CC(=O)OCCCOc1ccc(-n2n3c4ccc(Cl)cc4n23)c(O)c1. The topological polar surface area (TPSA) is 69.5 Å². The molecule has 0 amide bonds. The molecular weight excluding hydrogens is 358 g/mol. The maximum absolute atomic E-state index is 10.9. The van der Waals surface area contributed by atoms with E-state index in [0.29, 0.717) is 29.5 Å². The Bertz CT molecular complexity index is 1090. The minimum Gasteiger partial charge on any atom is -0.505 e. The largest absolute Gasteiger partial charge is 0.505 e. The summed E-state index contributed by atoms with van der Waals surface area (Å²) in [5.74, 6) is 0.195. The molecule has 0 fully saturated rings. The van der Waals surface area contributed by atoms with Gasteiger partial charge in [0.05, 0.1) is 13.2 Å². The molecule has 26 heavy (non-hydrogen) atoms. The Morgan fingerprint density at radius 2 is 1.96 bits per heavy atom. The van der Waals surface area contributed by atoms with Gasteiger partial charge in [-0.05, 0) is 30.3 Å². The summed E-state index contributed by atoms with van der Waals surface area (Å²) in [7, 11) is 0. The smallest absolute Gasteiger partial charge is 0.330 e. The van der Waals surface area contributed by atoms with Crippen molar-refractivity contribution in [1.29, 1.82) is 0 Å². The first-order valence-electron chi connectivity index (χ1n) is 8.05. The summed E-state index contributed by atoms with van der Waals surface area (Å²) in [6.07, 6.45) is 1.67. The Labute approximate surface area is 153 Å². The Morgan fingerprint density at radius 3 is 2.73 bits per heavy atom. The number of carbonyl (C=O) groups excluding carboxylic acids is 1. The zero-order valence-electron chi connectivity index (χ0n) is 13.8. The molecule has 2 aromatic heterocycles. The van der Waals surface area contributed by atoms with E-state index in [2.05, 4.69) is 6.58 Å². The first-order chi connectivity index (χ1) is 12.6. The van der Waals surface area contributed by atoms with Crippen molar-refractivity contribution in [3.8, 4) is 17.2 Å². The van der Waals surface area contributed by atoms with Crippen LogP contribution in [0.1, 0.15) is 6.42 Å². The van der Waals surface area contributed by atoms with Crippen molar-refractivity contribution in [3.63, 3.8) is 0 Å². The summed E-state index contributed by atoms with van der Waals surface area (Å²) < 4.78 is 14.3. The van der Waals surface area contributed by atoms with Crippen LogP contribution in [0, 0.1) is 0 Å². The Morgan fingerprint density at radius 1 is 1.15 bits per heavy atom. The van der Waals surface area contributed by atoms with Gasteiger partial charge in [-0.3, -0.25) is 0 Å². The summed E-state index contributed by atoms with van der Waals surface area (Å²) in [5, 5.41) is 11.0. The van der Waals surface area contributed by atoms with Crippen LogP contribution in [0.5, 0.6) is 11.5 Å². The second-order valence-corrected chi connectivity index (χ2v) is 6.16. The predicted molar refractivity (Wildman–Crippen MR) is 96.8 cm³/mol. The van der Waals surface area contributed by atoms with Crippen molar-refractivity contribution in [3.05, 3.63) is 54.1 Å². The third kappa shape index (κ3) is 2.76. The lowest BCUT2D eigenvalue weighted by Crippen LogP contribution is -2.06. The third-order valence-corrected chi connectivity index (χ3v) is 4.24. The molecule has 8 heteroatoms. The molecule has 0 aliphatic carbocycles. The van der Waals surface area contributed by atoms with E-state index in [9.17, 15) is 9.90 Å². The normalized spacial score (nSPS) is 11.4. The molecule has 0 unspecified atom stereocenters. The number of esters is 1. The van der Waals surface area contributed by atoms with Gasteiger partial charge in [-0.1, -0.05) is 18.2 Å². The zero-order valence-corrected chi connectivity index (χ0v) is 14.5. The molecule has 7 nitrogen and oxygen atoms in total. The van der Waals surface area contributed by atoms with Crippen LogP contribution in [0.25, 0.3) is 16.7 Å². The number of ether oxygens (including phenoxy) is 2. The van der Waals surface area contributed by atoms with E-state index >= 15 is 0 Å². The quantitative estimate of drug-likeness (QED) is 0.306. The van der Waals surface area contributed by atoms with Gasteiger partial charge in [0.25, 0.3) is 0 Å². The highest BCUT2D eigenvalue weighted by molar-refractivity contribution is 6.31. The van der Waals surface area contributed by atoms with E-state index < -0.39 is 5.97 Å². The Hall–Kier alpha value is -3.06. The van der Waals surface area contributed by atoms with Gasteiger partial charge in [0.2, 0.25) is 0 Å². The van der Waals surface area contributed by atoms with Gasteiger partial charge in [-0.15, -0.1) is 14.1 Å². The molecule has 0 atom stereocenters. The number of nitrogens with zero attached hydrogens (tertiary/aromatic N) is 3. The van der Waals surface area contributed by atoms with Crippen molar-refractivity contribution in [2.45, 2.75) is 6.42 Å². The molecule has 1 N–H and O–H groups in total. The number of hydrogen-bond donors (Lipinski definition) is 1. The predicted octanol–water partition coefficient (Wildman–Crippen LogP) is 3.28. The second kappa shape index (κ2) is 6.34. The molecule has 0 bridgehead atoms. The second-order valence-electron chi connectivity index (χ2n) is 5.73. The first-order valence-corrected chi connectivity index (χ1v) is 8.42. The van der Waals surface area contributed by atoms with Crippen LogP contribution in [0.4, 0.5) is 0 Å². The van der Waals surface area contributed by atoms with Crippen LogP contribution in [0.3, 0.4) is 0 Å². The number of fused-ring (bicyclic) bond motifs is 4. The molecule has 0 aliphatic heterocycles. The number of hydrogen-bond acceptors (Lipinski definition) is 4. The summed E-state index contributed by atoms with van der Waals surface area (Å²) in [5.41, 5.74) is 2.67. The van der Waals surface area contributed by atoms with Crippen molar-refractivity contribution in [2.75, 3.05) is 13.2 Å². The monoisotopic (exact) mass is 373 g/mol.